The van der Waals surface area contributed by atoms with Crippen molar-refractivity contribution < 1.29 is 0 Å². The first kappa shape index (κ1) is 10.3. The van der Waals surface area contributed by atoms with E-state index in [9.17, 15) is 0 Å². The molecule has 2 N–H and O–H groups in total. The smallest absolute Gasteiger partial charge is 0.0387 e. The number of nitrogens with zero attached hydrogens (tertiary/aromatic N) is 1. The SMILES string of the molecule is CC1CC(C)CN(c2cccc(N)c2)C1. The maximum atomic E-state index is 5.81. The van der Waals surface area contributed by atoms with E-state index >= 15 is 0 Å². The Morgan fingerprint density at radius 1 is 1.20 bits per heavy atom. The first-order chi connectivity index (χ1) is 7.15. The second kappa shape index (κ2) is 4.13. The van der Waals surface area contributed by atoms with Crippen LogP contribution in [0.2, 0.25) is 0 Å². The van der Waals surface area contributed by atoms with Crippen LogP contribution in [0, 0.1) is 11.8 Å². The minimum atomic E-state index is 0.787. The topological polar surface area (TPSA) is 29.3 Å². The van der Waals surface area contributed by atoms with Gasteiger partial charge in [0.25, 0.3) is 0 Å². The molecule has 0 bridgehead atoms. The van der Waals surface area contributed by atoms with Gasteiger partial charge >= 0.3 is 0 Å². The molecule has 1 aromatic rings. The maximum absolute atomic E-state index is 5.81. The lowest BCUT2D eigenvalue weighted by molar-refractivity contribution is 0.357. The summed E-state index contributed by atoms with van der Waals surface area (Å²) in [5.41, 5.74) is 7.94. The lowest BCUT2D eigenvalue weighted by Crippen LogP contribution is -2.38. The van der Waals surface area contributed by atoms with Crippen LogP contribution in [0.3, 0.4) is 0 Å². The van der Waals surface area contributed by atoms with Gasteiger partial charge in [0.15, 0.2) is 0 Å². The molecule has 1 heterocycles. The Bertz CT molecular complexity index is 325. The quantitative estimate of drug-likeness (QED) is 0.713. The number of benzene rings is 1. The van der Waals surface area contributed by atoms with E-state index in [-0.39, 0.29) is 0 Å². The number of piperidine rings is 1. The van der Waals surface area contributed by atoms with Gasteiger partial charge < -0.3 is 10.6 Å². The molecule has 1 fully saturated rings. The van der Waals surface area contributed by atoms with Gasteiger partial charge in [0.05, 0.1) is 0 Å². The van der Waals surface area contributed by atoms with Gasteiger partial charge in [-0.2, -0.15) is 0 Å². The average Bonchev–Trinajstić information content (AvgIpc) is 2.16. The molecule has 0 aliphatic carbocycles. The first-order valence-electron chi connectivity index (χ1n) is 5.75. The van der Waals surface area contributed by atoms with Gasteiger partial charge in [0.2, 0.25) is 0 Å². The molecule has 1 aliphatic heterocycles. The monoisotopic (exact) mass is 204 g/mol. The van der Waals surface area contributed by atoms with Crippen LogP contribution in [0.15, 0.2) is 24.3 Å². The van der Waals surface area contributed by atoms with Crippen molar-refractivity contribution in [3.05, 3.63) is 24.3 Å². The van der Waals surface area contributed by atoms with Crippen molar-refractivity contribution in [1.29, 1.82) is 0 Å². The highest BCUT2D eigenvalue weighted by atomic mass is 15.1. The minimum Gasteiger partial charge on any atom is -0.399 e. The zero-order valence-corrected chi connectivity index (χ0v) is 9.61. The molecule has 0 saturated carbocycles. The van der Waals surface area contributed by atoms with Gasteiger partial charge in [0, 0.05) is 24.5 Å². The van der Waals surface area contributed by atoms with E-state index in [0.717, 1.165) is 30.6 Å². The molecule has 2 nitrogen and oxygen atoms in total. The van der Waals surface area contributed by atoms with Gasteiger partial charge in [-0.05, 0) is 36.5 Å². The predicted molar refractivity (Wildman–Crippen MR) is 66.0 cm³/mol. The van der Waals surface area contributed by atoms with Crippen LogP contribution >= 0.6 is 0 Å². The molecule has 1 aromatic carbocycles. The fourth-order valence-corrected chi connectivity index (χ4v) is 2.60. The summed E-state index contributed by atoms with van der Waals surface area (Å²) in [6.07, 6.45) is 1.35. The Hall–Kier alpha value is -1.18. The highest BCUT2D eigenvalue weighted by Gasteiger charge is 2.21. The maximum Gasteiger partial charge on any atom is 0.0387 e. The van der Waals surface area contributed by atoms with Crippen molar-refractivity contribution >= 4 is 11.4 Å². The molecule has 0 spiro atoms. The third-order valence-electron chi connectivity index (χ3n) is 3.10. The van der Waals surface area contributed by atoms with Crippen molar-refractivity contribution in [2.24, 2.45) is 11.8 Å². The van der Waals surface area contributed by atoms with E-state index in [1.54, 1.807) is 0 Å². The van der Waals surface area contributed by atoms with Crippen molar-refractivity contribution in [2.45, 2.75) is 20.3 Å². The molecule has 1 aliphatic rings. The Balaban J connectivity index is 2.16. The summed E-state index contributed by atoms with van der Waals surface area (Å²) >= 11 is 0. The second-order valence-electron chi connectivity index (χ2n) is 4.95. The normalized spacial score (nSPS) is 26.7. The third kappa shape index (κ3) is 2.44. The molecular weight excluding hydrogens is 184 g/mol. The fraction of sp³-hybridized carbons (Fsp3) is 0.538. The number of nitrogen functional groups attached to an aromatic ring is 1. The van der Waals surface area contributed by atoms with Crippen LogP contribution in [-0.4, -0.2) is 13.1 Å². The lowest BCUT2D eigenvalue weighted by Gasteiger charge is -2.36. The Morgan fingerprint density at radius 2 is 1.87 bits per heavy atom. The Labute approximate surface area is 92.1 Å². The predicted octanol–water partition coefficient (Wildman–Crippen LogP) is 2.75. The van der Waals surface area contributed by atoms with Crippen molar-refractivity contribution in [2.75, 3.05) is 23.7 Å². The molecule has 82 valence electrons. The molecule has 2 atom stereocenters. The largest absolute Gasteiger partial charge is 0.399 e. The van der Waals surface area contributed by atoms with Gasteiger partial charge in [-0.25, -0.2) is 0 Å². The molecule has 0 amide bonds. The minimum absolute atomic E-state index is 0.787. The summed E-state index contributed by atoms with van der Waals surface area (Å²) < 4.78 is 0. The number of anilines is 2. The summed E-state index contributed by atoms with van der Waals surface area (Å²) in [4.78, 5) is 2.45. The average molecular weight is 204 g/mol. The molecule has 2 rings (SSSR count). The Kier molecular flexibility index (Phi) is 2.85. The van der Waals surface area contributed by atoms with E-state index in [1.165, 1.54) is 12.1 Å². The molecule has 2 heteroatoms. The molecule has 15 heavy (non-hydrogen) atoms. The van der Waals surface area contributed by atoms with Crippen LogP contribution in [0.5, 0.6) is 0 Å². The molecule has 2 unspecified atom stereocenters. The van der Waals surface area contributed by atoms with E-state index in [2.05, 4.69) is 30.9 Å². The number of hydrogen-bond acceptors (Lipinski definition) is 2. The molecule has 1 saturated heterocycles. The fourth-order valence-electron chi connectivity index (χ4n) is 2.60. The van der Waals surface area contributed by atoms with E-state index < -0.39 is 0 Å². The van der Waals surface area contributed by atoms with E-state index in [4.69, 9.17) is 5.73 Å². The number of rotatable bonds is 1. The summed E-state index contributed by atoms with van der Waals surface area (Å²) in [5, 5.41) is 0. The first-order valence-corrected chi connectivity index (χ1v) is 5.75. The van der Waals surface area contributed by atoms with Gasteiger partial charge in [-0.1, -0.05) is 19.9 Å². The zero-order chi connectivity index (χ0) is 10.8. The third-order valence-corrected chi connectivity index (χ3v) is 3.10. The Morgan fingerprint density at radius 3 is 2.47 bits per heavy atom. The summed E-state index contributed by atoms with van der Waals surface area (Å²) in [6.45, 7) is 6.98. The van der Waals surface area contributed by atoms with Crippen LogP contribution < -0.4 is 10.6 Å². The van der Waals surface area contributed by atoms with E-state index in [1.807, 2.05) is 12.1 Å². The second-order valence-corrected chi connectivity index (χ2v) is 4.95. The van der Waals surface area contributed by atoms with Gasteiger partial charge in [0.1, 0.15) is 0 Å². The zero-order valence-electron chi connectivity index (χ0n) is 9.61. The lowest BCUT2D eigenvalue weighted by atomic mass is 9.91. The van der Waals surface area contributed by atoms with Crippen molar-refractivity contribution in [3.63, 3.8) is 0 Å². The van der Waals surface area contributed by atoms with Crippen molar-refractivity contribution in [1.82, 2.24) is 0 Å². The highest BCUT2D eigenvalue weighted by molar-refractivity contribution is 5.56. The number of hydrogen-bond donors (Lipinski definition) is 1. The van der Waals surface area contributed by atoms with Gasteiger partial charge in [-0.15, -0.1) is 0 Å². The summed E-state index contributed by atoms with van der Waals surface area (Å²) in [6, 6.07) is 8.21. The van der Waals surface area contributed by atoms with Crippen LogP contribution in [-0.2, 0) is 0 Å². The highest BCUT2D eigenvalue weighted by Crippen LogP contribution is 2.26. The number of nitrogens with two attached hydrogens (primary N) is 1. The standard InChI is InChI=1S/C13H20N2/c1-10-6-11(2)9-15(8-10)13-5-3-4-12(14)7-13/h3-5,7,10-11H,6,8-9,14H2,1-2H3. The molecule has 0 aromatic heterocycles. The van der Waals surface area contributed by atoms with E-state index in [0.29, 0.717) is 0 Å². The van der Waals surface area contributed by atoms with Crippen molar-refractivity contribution in [3.8, 4) is 0 Å². The van der Waals surface area contributed by atoms with Crippen LogP contribution in [0.4, 0.5) is 11.4 Å². The summed E-state index contributed by atoms with van der Waals surface area (Å²) in [7, 11) is 0. The molecule has 0 radical (unpaired) electrons. The molecular formula is C13H20N2. The van der Waals surface area contributed by atoms with Crippen LogP contribution in [0.1, 0.15) is 20.3 Å². The van der Waals surface area contributed by atoms with Crippen LogP contribution in [0.25, 0.3) is 0 Å². The van der Waals surface area contributed by atoms with Gasteiger partial charge in [-0.3, -0.25) is 0 Å². The summed E-state index contributed by atoms with van der Waals surface area (Å²) in [5.74, 6) is 1.57.